The number of carbonyl (C=O) groups excluding carboxylic acids is 2. The van der Waals surface area contributed by atoms with Crippen LogP contribution in [0.25, 0.3) is 11.1 Å². The highest BCUT2D eigenvalue weighted by atomic mass is 19.4. The zero-order chi connectivity index (χ0) is 19.5. The van der Waals surface area contributed by atoms with Crippen LogP contribution >= 0.6 is 0 Å². The Morgan fingerprint density at radius 3 is 2.00 bits per heavy atom. The van der Waals surface area contributed by atoms with E-state index >= 15 is 0 Å². The summed E-state index contributed by atoms with van der Waals surface area (Å²) in [7, 11) is 0. The van der Waals surface area contributed by atoms with Crippen molar-refractivity contribution in [3.05, 3.63) is 47.5 Å². The maximum absolute atomic E-state index is 13.4. The van der Waals surface area contributed by atoms with Crippen molar-refractivity contribution in [2.45, 2.75) is 12.4 Å². The molecule has 0 heterocycles. The monoisotopic (exact) mass is 372 g/mol. The highest BCUT2D eigenvalue weighted by molar-refractivity contribution is 5.84. The van der Waals surface area contributed by atoms with Crippen molar-refractivity contribution >= 4 is 23.5 Å². The lowest BCUT2D eigenvalue weighted by Gasteiger charge is -2.16. The number of alkyl halides is 6. The number of nitrogens with zero attached hydrogens (tertiary/aromatic N) is 2. The van der Waals surface area contributed by atoms with Gasteiger partial charge in [0.25, 0.3) is 0 Å². The van der Waals surface area contributed by atoms with Gasteiger partial charge in [-0.05, 0) is 29.8 Å². The van der Waals surface area contributed by atoms with Crippen molar-refractivity contribution < 1.29 is 35.9 Å². The number of hydrogen-bond acceptors (Lipinski definition) is 4. The normalized spacial score (nSPS) is 11.5. The van der Waals surface area contributed by atoms with Crippen LogP contribution in [0.3, 0.4) is 0 Å². The summed E-state index contributed by atoms with van der Waals surface area (Å²) >= 11 is 0. The average Bonchev–Trinajstić information content (AvgIpc) is 2.54. The fraction of sp³-hybridized carbons (Fsp3) is 0.125. The Morgan fingerprint density at radius 1 is 0.808 bits per heavy atom. The first-order chi connectivity index (χ1) is 12.1. The summed E-state index contributed by atoms with van der Waals surface area (Å²) in [5, 5.41) is 0. The second-order valence-electron chi connectivity index (χ2n) is 4.84. The molecule has 0 radical (unpaired) electrons. The first kappa shape index (κ1) is 19.1. The fourth-order valence-corrected chi connectivity index (χ4v) is 2.26. The molecular weight excluding hydrogens is 366 g/mol. The van der Waals surface area contributed by atoms with E-state index < -0.39 is 40.4 Å². The van der Waals surface area contributed by atoms with E-state index in [1.54, 1.807) is 0 Å². The molecule has 0 unspecified atom stereocenters. The molecule has 2 aromatic rings. The number of hydrogen-bond donors (Lipinski definition) is 0. The molecule has 0 fully saturated rings. The Labute approximate surface area is 141 Å². The molecule has 0 aliphatic heterocycles. The van der Waals surface area contributed by atoms with Gasteiger partial charge in [-0.2, -0.15) is 36.3 Å². The van der Waals surface area contributed by atoms with Crippen LogP contribution in [-0.2, 0) is 21.9 Å². The minimum atomic E-state index is -5.09. The second kappa shape index (κ2) is 6.95. The van der Waals surface area contributed by atoms with Gasteiger partial charge in [0.2, 0.25) is 12.2 Å². The molecule has 0 aromatic heterocycles. The number of rotatable bonds is 3. The summed E-state index contributed by atoms with van der Waals surface area (Å²) in [6, 6.07) is 5.21. The second-order valence-corrected chi connectivity index (χ2v) is 4.84. The third-order valence-electron chi connectivity index (χ3n) is 3.26. The topological polar surface area (TPSA) is 58.9 Å². The minimum Gasteiger partial charge on any atom is -0.211 e. The number of isocyanates is 2. The van der Waals surface area contributed by atoms with E-state index in [1.165, 1.54) is 0 Å². The largest absolute Gasteiger partial charge is 0.420 e. The van der Waals surface area contributed by atoms with Crippen LogP contribution in [0.15, 0.2) is 46.4 Å². The van der Waals surface area contributed by atoms with Crippen LogP contribution in [-0.4, -0.2) is 12.2 Å². The average molecular weight is 372 g/mol. The molecule has 4 nitrogen and oxygen atoms in total. The summed E-state index contributed by atoms with van der Waals surface area (Å²) in [5.74, 6) is 0. The molecule has 0 saturated carbocycles. The molecule has 0 saturated heterocycles. The highest BCUT2D eigenvalue weighted by Crippen LogP contribution is 2.47. The highest BCUT2D eigenvalue weighted by Gasteiger charge is 2.38. The molecule has 0 N–H and O–H groups in total. The predicted molar refractivity (Wildman–Crippen MR) is 77.4 cm³/mol. The van der Waals surface area contributed by atoms with E-state index in [4.69, 9.17) is 0 Å². The summed E-state index contributed by atoms with van der Waals surface area (Å²) in [5.41, 5.74) is -5.20. The van der Waals surface area contributed by atoms with Gasteiger partial charge in [0.1, 0.15) is 5.56 Å². The molecule has 134 valence electrons. The van der Waals surface area contributed by atoms with E-state index in [0.717, 1.165) is 42.5 Å². The first-order valence-corrected chi connectivity index (χ1v) is 6.67. The van der Waals surface area contributed by atoms with Crippen molar-refractivity contribution in [3.8, 4) is 11.1 Å². The summed E-state index contributed by atoms with van der Waals surface area (Å²) in [6.07, 6.45) is -7.94. The molecule has 0 bridgehead atoms. The predicted octanol–water partition coefficient (Wildman–Crippen LogP) is 5.33. The van der Waals surface area contributed by atoms with Crippen molar-refractivity contribution in [1.82, 2.24) is 0 Å². The van der Waals surface area contributed by atoms with Crippen molar-refractivity contribution in [2.24, 2.45) is 9.98 Å². The van der Waals surface area contributed by atoms with Crippen LogP contribution in [0.2, 0.25) is 0 Å². The summed E-state index contributed by atoms with van der Waals surface area (Å²) in [6.45, 7) is 0. The van der Waals surface area contributed by atoms with Gasteiger partial charge in [0.05, 0.1) is 16.9 Å². The van der Waals surface area contributed by atoms with E-state index in [1.807, 2.05) is 0 Å². The Hall–Kier alpha value is -3.22. The van der Waals surface area contributed by atoms with E-state index in [-0.39, 0.29) is 5.56 Å². The lowest BCUT2D eigenvalue weighted by Crippen LogP contribution is -2.07. The SMILES string of the molecule is O=C=Nc1ccc(-c2cccc(C(F)(F)F)c2)c(N=C=O)c1C(F)(F)F. The third kappa shape index (κ3) is 3.88. The van der Waals surface area contributed by atoms with Gasteiger partial charge >= 0.3 is 12.4 Å². The minimum absolute atomic E-state index is 0.263. The molecule has 0 aliphatic carbocycles. The Kier molecular flexibility index (Phi) is 5.11. The molecule has 2 aromatic carbocycles. The van der Waals surface area contributed by atoms with E-state index in [2.05, 4.69) is 9.98 Å². The van der Waals surface area contributed by atoms with Crippen molar-refractivity contribution in [3.63, 3.8) is 0 Å². The smallest absolute Gasteiger partial charge is 0.211 e. The maximum atomic E-state index is 13.4. The van der Waals surface area contributed by atoms with Gasteiger partial charge in [-0.1, -0.05) is 12.1 Å². The number of aliphatic imine (C=N–C) groups is 2. The Balaban J connectivity index is 2.87. The van der Waals surface area contributed by atoms with Crippen LogP contribution < -0.4 is 0 Å². The summed E-state index contributed by atoms with van der Waals surface area (Å²) < 4.78 is 78.6. The quantitative estimate of drug-likeness (QED) is 0.416. The van der Waals surface area contributed by atoms with Gasteiger partial charge in [-0.3, -0.25) is 0 Å². The standard InChI is InChI=1S/C16H6F6N2O2/c17-15(18,19)10-3-1-2-9(6-10)11-4-5-12(23-7-25)13(16(20,21)22)14(11)24-8-26/h1-6H. The zero-order valence-corrected chi connectivity index (χ0v) is 12.4. The number of halogens is 6. The summed E-state index contributed by atoms with van der Waals surface area (Å²) in [4.78, 5) is 26.8. The van der Waals surface area contributed by atoms with Gasteiger partial charge in [-0.25, -0.2) is 9.59 Å². The Bertz CT molecular complexity index is 937. The van der Waals surface area contributed by atoms with E-state index in [9.17, 15) is 35.9 Å². The zero-order valence-electron chi connectivity index (χ0n) is 12.4. The van der Waals surface area contributed by atoms with Crippen LogP contribution in [0.1, 0.15) is 11.1 Å². The molecule has 26 heavy (non-hydrogen) atoms. The van der Waals surface area contributed by atoms with Gasteiger partial charge in [0, 0.05) is 5.56 Å². The molecule has 0 amide bonds. The lowest BCUT2D eigenvalue weighted by molar-refractivity contribution is -0.138. The molecule has 2 rings (SSSR count). The number of benzene rings is 2. The molecular formula is C16H6F6N2O2. The van der Waals surface area contributed by atoms with Gasteiger partial charge in [-0.15, -0.1) is 0 Å². The van der Waals surface area contributed by atoms with Crippen LogP contribution in [0.5, 0.6) is 0 Å². The van der Waals surface area contributed by atoms with Crippen molar-refractivity contribution in [1.29, 1.82) is 0 Å². The van der Waals surface area contributed by atoms with Crippen LogP contribution in [0.4, 0.5) is 37.7 Å². The molecule has 0 spiro atoms. The molecule has 0 aliphatic rings. The molecule has 10 heteroatoms. The van der Waals surface area contributed by atoms with Crippen molar-refractivity contribution in [2.75, 3.05) is 0 Å². The Morgan fingerprint density at radius 2 is 1.46 bits per heavy atom. The van der Waals surface area contributed by atoms with Gasteiger partial charge in [0.15, 0.2) is 0 Å². The van der Waals surface area contributed by atoms with E-state index in [0.29, 0.717) is 6.07 Å². The molecule has 0 atom stereocenters. The third-order valence-corrected chi connectivity index (χ3v) is 3.26. The first-order valence-electron chi connectivity index (χ1n) is 6.67. The lowest BCUT2D eigenvalue weighted by atomic mass is 9.97. The fourth-order valence-electron chi connectivity index (χ4n) is 2.26. The van der Waals surface area contributed by atoms with Crippen LogP contribution in [0, 0.1) is 0 Å². The van der Waals surface area contributed by atoms with Gasteiger partial charge < -0.3 is 0 Å². The maximum Gasteiger partial charge on any atom is 0.420 e.